The summed E-state index contributed by atoms with van der Waals surface area (Å²) in [5.41, 5.74) is 5.64. The summed E-state index contributed by atoms with van der Waals surface area (Å²) in [4.78, 5) is 4.41. The molecule has 0 saturated carbocycles. The molecule has 0 atom stereocenters. The molecule has 2 N–H and O–H groups in total. The molecule has 0 spiro atoms. The molecule has 28 heavy (non-hydrogen) atoms. The van der Waals surface area contributed by atoms with Crippen molar-refractivity contribution in [2.45, 2.75) is 0 Å². The van der Waals surface area contributed by atoms with Crippen LogP contribution < -0.4 is 5.46 Å². The first kappa shape index (κ1) is 16.7. The fourth-order valence-corrected chi connectivity index (χ4v) is 3.74. The van der Waals surface area contributed by atoms with Crippen LogP contribution in [0.1, 0.15) is 0 Å². The molecule has 0 amide bonds. The summed E-state index contributed by atoms with van der Waals surface area (Å²) in [5, 5.41) is 21.2. The van der Waals surface area contributed by atoms with Crippen LogP contribution in [-0.2, 0) is 0 Å². The van der Waals surface area contributed by atoms with E-state index in [2.05, 4.69) is 45.9 Å². The summed E-state index contributed by atoms with van der Waals surface area (Å²) in [7, 11) is -1.48. The van der Waals surface area contributed by atoms with Gasteiger partial charge in [0.25, 0.3) is 0 Å². The van der Waals surface area contributed by atoms with Crippen molar-refractivity contribution < 1.29 is 10.0 Å². The van der Waals surface area contributed by atoms with Crippen molar-refractivity contribution in [2.75, 3.05) is 0 Å². The highest BCUT2D eigenvalue weighted by Gasteiger charge is 2.16. The van der Waals surface area contributed by atoms with Gasteiger partial charge in [0.2, 0.25) is 0 Å². The van der Waals surface area contributed by atoms with Crippen molar-refractivity contribution in [1.82, 2.24) is 9.55 Å². The molecule has 134 valence electrons. The minimum absolute atomic E-state index is 0.487. The SMILES string of the molecule is OB(O)c1ccc2c(c1)c1ccccc1n2-c1ccc(-c2ccccn2)cc1. The van der Waals surface area contributed by atoms with Gasteiger partial charge in [0, 0.05) is 28.2 Å². The van der Waals surface area contributed by atoms with Gasteiger partial charge in [-0.1, -0.05) is 48.5 Å². The van der Waals surface area contributed by atoms with E-state index in [1.54, 1.807) is 12.3 Å². The van der Waals surface area contributed by atoms with Gasteiger partial charge in [0.15, 0.2) is 0 Å². The van der Waals surface area contributed by atoms with E-state index in [0.717, 1.165) is 38.8 Å². The molecule has 0 aliphatic rings. The van der Waals surface area contributed by atoms with Crippen LogP contribution in [0.4, 0.5) is 0 Å². The summed E-state index contributed by atoms with van der Waals surface area (Å²) in [5.74, 6) is 0. The number of rotatable bonds is 3. The number of benzene rings is 3. The highest BCUT2D eigenvalue weighted by molar-refractivity contribution is 6.59. The summed E-state index contributed by atoms with van der Waals surface area (Å²) in [6, 6.07) is 27.9. The summed E-state index contributed by atoms with van der Waals surface area (Å²) >= 11 is 0. The van der Waals surface area contributed by atoms with Crippen molar-refractivity contribution in [3.05, 3.63) is 91.1 Å². The number of pyridine rings is 1. The van der Waals surface area contributed by atoms with Gasteiger partial charge in [0.1, 0.15) is 0 Å². The lowest BCUT2D eigenvalue weighted by Crippen LogP contribution is -2.29. The Hall–Kier alpha value is -3.41. The fourth-order valence-electron chi connectivity index (χ4n) is 3.74. The molecule has 4 nitrogen and oxygen atoms in total. The zero-order valence-electron chi connectivity index (χ0n) is 15.0. The minimum Gasteiger partial charge on any atom is -0.423 e. The number of para-hydroxylation sites is 1. The van der Waals surface area contributed by atoms with Gasteiger partial charge in [0.05, 0.1) is 16.7 Å². The fraction of sp³-hybridized carbons (Fsp3) is 0. The van der Waals surface area contributed by atoms with Gasteiger partial charge >= 0.3 is 7.12 Å². The molecule has 0 radical (unpaired) electrons. The van der Waals surface area contributed by atoms with E-state index in [9.17, 15) is 10.0 Å². The smallest absolute Gasteiger partial charge is 0.423 e. The summed E-state index contributed by atoms with van der Waals surface area (Å²) in [6.07, 6.45) is 1.80. The van der Waals surface area contributed by atoms with Crippen LogP contribution in [0.15, 0.2) is 91.1 Å². The van der Waals surface area contributed by atoms with Crippen molar-refractivity contribution in [1.29, 1.82) is 0 Å². The highest BCUT2D eigenvalue weighted by Crippen LogP contribution is 2.32. The van der Waals surface area contributed by atoms with Gasteiger partial charge in [-0.05, 0) is 41.9 Å². The van der Waals surface area contributed by atoms with E-state index in [1.807, 2.05) is 42.5 Å². The number of fused-ring (bicyclic) bond motifs is 3. The lowest BCUT2D eigenvalue weighted by atomic mass is 9.80. The van der Waals surface area contributed by atoms with E-state index in [0.29, 0.717) is 5.46 Å². The van der Waals surface area contributed by atoms with Crippen LogP contribution in [0.2, 0.25) is 0 Å². The van der Waals surface area contributed by atoms with E-state index >= 15 is 0 Å². The lowest BCUT2D eigenvalue weighted by Gasteiger charge is -2.09. The first-order chi connectivity index (χ1) is 13.7. The third kappa shape index (κ3) is 2.69. The molecule has 0 aliphatic heterocycles. The third-order valence-corrected chi connectivity index (χ3v) is 5.08. The topological polar surface area (TPSA) is 58.3 Å². The standard InChI is InChI=1S/C23H17BN2O2/c27-24(28)17-10-13-23-20(15-17)19-5-1-2-7-22(19)26(23)18-11-8-16(9-12-18)21-6-3-4-14-25-21/h1-15,27-28H. The molecule has 0 unspecified atom stereocenters. The molecule has 2 heterocycles. The Labute approximate surface area is 162 Å². The van der Waals surface area contributed by atoms with Crippen LogP contribution in [-0.4, -0.2) is 26.7 Å². The van der Waals surface area contributed by atoms with Crippen molar-refractivity contribution in [3.8, 4) is 16.9 Å². The molecular weight excluding hydrogens is 347 g/mol. The molecule has 0 bridgehead atoms. The molecule has 2 aromatic heterocycles. The van der Waals surface area contributed by atoms with Crippen LogP contribution >= 0.6 is 0 Å². The predicted octanol–water partition coefficient (Wildman–Crippen LogP) is 3.53. The van der Waals surface area contributed by atoms with Gasteiger partial charge in [-0.2, -0.15) is 0 Å². The molecule has 5 aromatic rings. The third-order valence-electron chi connectivity index (χ3n) is 5.08. The average molecular weight is 364 g/mol. The maximum atomic E-state index is 9.56. The van der Waals surface area contributed by atoms with E-state index < -0.39 is 7.12 Å². The Morgan fingerprint density at radius 1 is 0.714 bits per heavy atom. The van der Waals surface area contributed by atoms with E-state index in [4.69, 9.17) is 0 Å². The maximum absolute atomic E-state index is 9.56. The van der Waals surface area contributed by atoms with Crippen LogP contribution in [0.25, 0.3) is 38.8 Å². The number of hydrogen-bond acceptors (Lipinski definition) is 3. The Balaban J connectivity index is 1.71. The summed E-state index contributed by atoms with van der Waals surface area (Å²) < 4.78 is 2.19. The largest absolute Gasteiger partial charge is 0.488 e. The molecule has 5 heteroatoms. The van der Waals surface area contributed by atoms with Gasteiger partial charge in [-0.25, -0.2) is 0 Å². The Morgan fingerprint density at radius 2 is 1.46 bits per heavy atom. The second-order valence-corrected chi connectivity index (χ2v) is 6.76. The van der Waals surface area contributed by atoms with Crippen molar-refractivity contribution in [2.24, 2.45) is 0 Å². The molecule has 5 rings (SSSR count). The van der Waals surface area contributed by atoms with Crippen molar-refractivity contribution >= 4 is 34.4 Å². The van der Waals surface area contributed by atoms with Crippen LogP contribution in [0.3, 0.4) is 0 Å². The first-order valence-corrected chi connectivity index (χ1v) is 9.13. The molecule has 0 saturated heterocycles. The van der Waals surface area contributed by atoms with Gasteiger partial charge in [-0.3, -0.25) is 4.98 Å². The predicted molar refractivity (Wildman–Crippen MR) is 114 cm³/mol. The zero-order valence-corrected chi connectivity index (χ0v) is 15.0. The molecule has 0 aliphatic carbocycles. The monoisotopic (exact) mass is 364 g/mol. The highest BCUT2D eigenvalue weighted by atomic mass is 16.4. The van der Waals surface area contributed by atoms with Gasteiger partial charge < -0.3 is 14.6 Å². The zero-order chi connectivity index (χ0) is 19.1. The number of hydrogen-bond donors (Lipinski definition) is 2. The van der Waals surface area contributed by atoms with E-state index in [1.165, 1.54) is 0 Å². The second kappa shape index (κ2) is 6.64. The van der Waals surface area contributed by atoms with Crippen LogP contribution in [0.5, 0.6) is 0 Å². The van der Waals surface area contributed by atoms with Gasteiger partial charge in [-0.15, -0.1) is 0 Å². The number of nitrogens with zero attached hydrogens (tertiary/aromatic N) is 2. The molecule has 0 fully saturated rings. The van der Waals surface area contributed by atoms with Crippen LogP contribution in [0, 0.1) is 0 Å². The average Bonchev–Trinajstić information content (AvgIpc) is 3.08. The lowest BCUT2D eigenvalue weighted by molar-refractivity contribution is 0.426. The second-order valence-electron chi connectivity index (χ2n) is 6.76. The Kier molecular flexibility index (Phi) is 3.97. The quantitative estimate of drug-likeness (QED) is 0.482. The Morgan fingerprint density at radius 3 is 2.21 bits per heavy atom. The van der Waals surface area contributed by atoms with E-state index in [-0.39, 0.29) is 0 Å². The summed E-state index contributed by atoms with van der Waals surface area (Å²) in [6.45, 7) is 0. The molecular formula is C23H17BN2O2. The molecule has 3 aromatic carbocycles. The maximum Gasteiger partial charge on any atom is 0.488 e. The minimum atomic E-state index is -1.48. The first-order valence-electron chi connectivity index (χ1n) is 9.13. The Bertz CT molecular complexity index is 1280. The number of aromatic nitrogens is 2. The normalized spacial score (nSPS) is 11.2. The van der Waals surface area contributed by atoms with Crippen molar-refractivity contribution in [3.63, 3.8) is 0 Å².